The van der Waals surface area contributed by atoms with E-state index in [-0.39, 0.29) is 11.5 Å². The molecule has 2 aromatic heterocycles. The molecule has 0 unspecified atom stereocenters. The first kappa shape index (κ1) is 20.9. The SMILES string of the molecule is CN[C@@H]1C[C@H](O)CC12CCN(c1nc(C)c(-c3cccc(Cl)c3Cl)c3nncn13)CC2. The predicted octanol–water partition coefficient (Wildman–Crippen LogP) is 3.74. The molecule has 2 aliphatic rings. The zero-order valence-corrected chi connectivity index (χ0v) is 19.2. The van der Waals surface area contributed by atoms with Gasteiger partial charge in [0.2, 0.25) is 5.95 Å². The number of nitrogens with zero attached hydrogens (tertiary/aromatic N) is 5. The molecule has 2 N–H and O–H groups in total. The molecule has 1 saturated heterocycles. The van der Waals surface area contributed by atoms with E-state index in [9.17, 15) is 5.11 Å². The minimum Gasteiger partial charge on any atom is -0.393 e. The highest BCUT2D eigenvalue weighted by molar-refractivity contribution is 6.43. The number of nitrogens with one attached hydrogen (secondary N) is 1. The van der Waals surface area contributed by atoms with Crippen LogP contribution in [0.25, 0.3) is 16.8 Å². The lowest BCUT2D eigenvalue weighted by Crippen LogP contribution is -2.48. The summed E-state index contributed by atoms with van der Waals surface area (Å²) in [6.07, 6.45) is 5.23. The van der Waals surface area contributed by atoms with Crippen LogP contribution in [0.1, 0.15) is 31.4 Å². The smallest absolute Gasteiger partial charge is 0.212 e. The molecular weight excluding hydrogens is 435 g/mol. The first-order valence-electron chi connectivity index (χ1n) is 10.7. The maximum atomic E-state index is 10.3. The highest BCUT2D eigenvalue weighted by Gasteiger charge is 2.48. The van der Waals surface area contributed by atoms with Crippen molar-refractivity contribution in [1.29, 1.82) is 0 Å². The maximum Gasteiger partial charge on any atom is 0.212 e. The Morgan fingerprint density at radius 1 is 1.23 bits per heavy atom. The number of benzene rings is 1. The van der Waals surface area contributed by atoms with Crippen LogP contribution in [-0.2, 0) is 0 Å². The Morgan fingerprint density at radius 3 is 2.74 bits per heavy atom. The largest absolute Gasteiger partial charge is 0.393 e. The Bertz CT molecular complexity index is 1120. The number of hydrogen-bond donors (Lipinski definition) is 2. The molecule has 3 heterocycles. The monoisotopic (exact) mass is 460 g/mol. The van der Waals surface area contributed by atoms with Crippen molar-refractivity contribution in [2.24, 2.45) is 5.41 Å². The normalized spacial score (nSPS) is 23.2. The molecule has 0 radical (unpaired) electrons. The third-order valence-electron chi connectivity index (χ3n) is 7.12. The first-order chi connectivity index (χ1) is 14.9. The van der Waals surface area contributed by atoms with Crippen molar-refractivity contribution in [2.75, 3.05) is 25.0 Å². The summed E-state index contributed by atoms with van der Waals surface area (Å²) in [6, 6.07) is 5.94. The number of anilines is 1. The van der Waals surface area contributed by atoms with Crippen LogP contribution in [0.3, 0.4) is 0 Å². The molecule has 1 aliphatic heterocycles. The molecule has 9 heteroatoms. The van der Waals surface area contributed by atoms with Gasteiger partial charge in [0.15, 0.2) is 5.65 Å². The summed E-state index contributed by atoms with van der Waals surface area (Å²) in [5.41, 5.74) is 3.36. The van der Waals surface area contributed by atoms with Crippen LogP contribution < -0.4 is 10.2 Å². The first-order valence-corrected chi connectivity index (χ1v) is 11.4. The van der Waals surface area contributed by atoms with Crippen LogP contribution in [-0.4, -0.2) is 57.0 Å². The van der Waals surface area contributed by atoms with E-state index in [1.54, 1.807) is 12.4 Å². The standard InChI is InChI=1S/C22H26Cl2N6O/c1-13-18(15-4-3-5-16(23)19(15)24)20-28-26-12-30(20)21(27-13)29-8-6-22(7-9-29)11-14(31)10-17(22)25-2/h3-5,12,14,17,25,31H,6-11H2,1-2H3/t14-,17+/m0/s1. The van der Waals surface area contributed by atoms with Gasteiger partial charge in [-0.05, 0) is 51.1 Å². The van der Waals surface area contributed by atoms with Crippen molar-refractivity contribution in [2.45, 2.75) is 44.8 Å². The Hall–Kier alpha value is -1.93. The second-order valence-electron chi connectivity index (χ2n) is 8.78. The quantitative estimate of drug-likeness (QED) is 0.619. The third-order valence-corrected chi connectivity index (χ3v) is 7.94. The topological polar surface area (TPSA) is 78.6 Å². The third kappa shape index (κ3) is 3.39. The lowest BCUT2D eigenvalue weighted by molar-refractivity contribution is 0.137. The van der Waals surface area contributed by atoms with E-state index < -0.39 is 0 Å². The summed E-state index contributed by atoms with van der Waals surface area (Å²) >= 11 is 12.8. The van der Waals surface area contributed by atoms with Gasteiger partial charge in [0.25, 0.3) is 0 Å². The average Bonchev–Trinajstić information content (AvgIpc) is 3.35. The van der Waals surface area contributed by atoms with E-state index in [1.165, 1.54) is 0 Å². The molecule has 1 aromatic carbocycles. The number of hydrogen-bond acceptors (Lipinski definition) is 6. The summed E-state index contributed by atoms with van der Waals surface area (Å²) in [7, 11) is 2.00. The Balaban J connectivity index is 1.51. The van der Waals surface area contributed by atoms with E-state index >= 15 is 0 Å². The van der Waals surface area contributed by atoms with E-state index in [1.807, 2.05) is 30.5 Å². The Labute approximate surface area is 191 Å². The second-order valence-corrected chi connectivity index (χ2v) is 9.57. The Morgan fingerprint density at radius 2 is 2.00 bits per heavy atom. The highest BCUT2D eigenvalue weighted by atomic mass is 35.5. The second kappa shape index (κ2) is 7.89. The van der Waals surface area contributed by atoms with Gasteiger partial charge in [-0.3, -0.25) is 4.40 Å². The van der Waals surface area contributed by atoms with Gasteiger partial charge in [-0.15, -0.1) is 10.2 Å². The van der Waals surface area contributed by atoms with E-state index in [2.05, 4.69) is 20.4 Å². The molecule has 0 amide bonds. The van der Waals surface area contributed by atoms with Crippen LogP contribution >= 0.6 is 23.2 Å². The molecule has 164 valence electrons. The average molecular weight is 461 g/mol. The lowest BCUT2D eigenvalue weighted by Gasteiger charge is -2.43. The molecule has 2 atom stereocenters. The van der Waals surface area contributed by atoms with Gasteiger partial charge in [-0.1, -0.05) is 35.3 Å². The van der Waals surface area contributed by atoms with Gasteiger partial charge in [0.1, 0.15) is 6.33 Å². The zero-order chi connectivity index (χ0) is 21.8. The number of aliphatic hydroxyl groups excluding tert-OH is 1. The van der Waals surface area contributed by atoms with Crippen molar-refractivity contribution >= 4 is 34.8 Å². The Kier molecular flexibility index (Phi) is 5.33. The predicted molar refractivity (Wildman–Crippen MR) is 123 cm³/mol. The molecule has 5 rings (SSSR count). The summed E-state index contributed by atoms with van der Waals surface area (Å²) in [5, 5.41) is 23.2. The lowest BCUT2D eigenvalue weighted by atomic mass is 9.74. The van der Waals surface area contributed by atoms with Gasteiger partial charge in [0.05, 0.1) is 21.8 Å². The van der Waals surface area contributed by atoms with E-state index in [0.717, 1.165) is 67.2 Å². The van der Waals surface area contributed by atoms with Gasteiger partial charge >= 0.3 is 0 Å². The number of aryl methyl sites for hydroxylation is 1. The molecule has 7 nitrogen and oxygen atoms in total. The number of rotatable bonds is 3. The van der Waals surface area contributed by atoms with Gasteiger partial charge in [0, 0.05) is 30.3 Å². The van der Waals surface area contributed by atoms with Gasteiger partial charge < -0.3 is 15.3 Å². The molecule has 2 fully saturated rings. The summed E-state index contributed by atoms with van der Waals surface area (Å²) < 4.78 is 1.94. The van der Waals surface area contributed by atoms with Gasteiger partial charge in [-0.25, -0.2) is 4.98 Å². The zero-order valence-electron chi connectivity index (χ0n) is 17.6. The van der Waals surface area contributed by atoms with Crippen molar-refractivity contribution in [1.82, 2.24) is 24.9 Å². The fourth-order valence-corrected chi connectivity index (χ4v) is 5.95. The number of piperidine rings is 1. The summed E-state index contributed by atoms with van der Waals surface area (Å²) in [4.78, 5) is 7.26. The minimum atomic E-state index is -0.212. The molecule has 1 aliphatic carbocycles. The fourth-order valence-electron chi connectivity index (χ4n) is 5.55. The van der Waals surface area contributed by atoms with Gasteiger partial charge in [-0.2, -0.15) is 0 Å². The molecule has 1 spiro atoms. The number of aliphatic hydroxyl groups is 1. The van der Waals surface area contributed by atoms with Crippen molar-refractivity contribution in [3.05, 3.63) is 40.3 Å². The number of fused-ring (bicyclic) bond motifs is 1. The number of halogens is 2. The van der Waals surface area contributed by atoms with E-state index in [0.29, 0.717) is 16.1 Å². The summed E-state index contributed by atoms with van der Waals surface area (Å²) in [5.74, 6) is 0.841. The summed E-state index contributed by atoms with van der Waals surface area (Å²) in [6.45, 7) is 3.73. The van der Waals surface area contributed by atoms with Crippen molar-refractivity contribution in [3.8, 4) is 11.1 Å². The highest BCUT2D eigenvalue weighted by Crippen LogP contribution is 2.47. The molecule has 3 aromatic rings. The van der Waals surface area contributed by atoms with Crippen LogP contribution in [0.4, 0.5) is 5.95 Å². The van der Waals surface area contributed by atoms with Crippen LogP contribution in [0.2, 0.25) is 10.0 Å². The maximum absolute atomic E-state index is 10.3. The fraction of sp³-hybridized carbons (Fsp3) is 0.500. The molecular formula is C22H26Cl2N6O. The van der Waals surface area contributed by atoms with Crippen LogP contribution in [0.5, 0.6) is 0 Å². The van der Waals surface area contributed by atoms with E-state index in [4.69, 9.17) is 28.2 Å². The van der Waals surface area contributed by atoms with Crippen LogP contribution in [0.15, 0.2) is 24.5 Å². The minimum absolute atomic E-state index is 0.153. The number of aromatic nitrogens is 4. The van der Waals surface area contributed by atoms with Crippen molar-refractivity contribution in [3.63, 3.8) is 0 Å². The van der Waals surface area contributed by atoms with Crippen molar-refractivity contribution < 1.29 is 5.11 Å². The molecule has 0 bridgehead atoms. The van der Waals surface area contributed by atoms with Crippen LogP contribution in [0, 0.1) is 12.3 Å². The molecule has 1 saturated carbocycles. The molecule has 31 heavy (non-hydrogen) atoms.